The molecular formula is C26H27FN2O. The molecule has 30 heavy (non-hydrogen) atoms. The van der Waals surface area contributed by atoms with Crippen LogP contribution in [0.15, 0.2) is 72.8 Å². The van der Waals surface area contributed by atoms with Crippen LogP contribution in [0.4, 0.5) is 4.39 Å². The van der Waals surface area contributed by atoms with E-state index < -0.39 is 0 Å². The van der Waals surface area contributed by atoms with Crippen molar-refractivity contribution in [2.45, 2.75) is 38.0 Å². The van der Waals surface area contributed by atoms with Gasteiger partial charge in [-0.05, 0) is 54.7 Å². The summed E-state index contributed by atoms with van der Waals surface area (Å²) in [6, 6.07) is 22.9. The van der Waals surface area contributed by atoms with Gasteiger partial charge < -0.3 is 4.90 Å². The third-order valence-corrected chi connectivity index (χ3v) is 5.77. The number of hydrogen-bond acceptors (Lipinski definition) is 2. The molecule has 0 radical (unpaired) electrons. The van der Waals surface area contributed by atoms with Crippen molar-refractivity contribution < 1.29 is 9.18 Å². The average molecular weight is 403 g/mol. The van der Waals surface area contributed by atoms with E-state index in [1.807, 2.05) is 41.3 Å². The summed E-state index contributed by atoms with van der Waals surface area (Å²) in [5, 5.41) is 0. The molecule has 4 heteroatoms. The first-order chi connectivity index (χ1) is 14.7. The van der Waals surface area contributed by atoms with Crippen LogP contribution in [0.5, 0.6) is 0 Å². The predicted molar refractivity (Wildman–Crippen MR) is 117 cm³/mol. The highest BCUT2D eigenvalue weighted by Crippen LogP contribution is 2.26. The molecule has 1 saturated heterocycles. The van der Waals surface area contributed by atoms with Gasteiger partial charge in [-0.1, -0.05) is 48.5 Å². The molecule has 1 aliphatic rings. The van der Waals surface area contributed by atoms with Crippen molar-refractivity contribution in [2.24, 2.45) is 0 Å². The summed E-state index contributed by atoms with van der Waals surface area (Å²) in [6.07, 6.45) is 3.97. The van der Waals surface area contributed by atoms with Crippen LogP contribution in [0, 0.1) is 5.82 Å². The third-order valence-electron chi connectivity index (χ3n) is 5.77. The number of aryl methyl sites for hydroxylation is 1. The normalized spacial score (nSPS) is 16.4. The van der Waals surface area contributed by atoms with E-state index in [2.05, 4.69) is 18.2 Å². The SMILES string of the molecule is O=C(CCc1ccccc1)N1CCC[C@@H](c2cccc(Cc3cccc(F)c3)n2)C1. The largest absolute Gasteiger partial charge is 0.342 e. The molecule has 0 aliphatic carbocycles. The van der Waals surface area contributed by atoms with Crippen molar-refractivity contribution in [1.29, 1.82) is 0 Å². The maximum Gasteiger partial charge on any atom is 0.222 e. The Balaban J connectivity index is 1.38. The van der Waals surface area contributed by atoms with Crippen molar-refractivity contribution in [2.75, 3.05) is 13.1 Å². The fourth-order valence-electron chi connectivity index (χ4n) is 4.18. The average Bonchev–Trinajstić information content (AvgIpc) is 2.78. The molecule has 2 heterocycles. The molecule has 0 saturated carbocycles. The molecule has 0 spiro atoms. The number of amides is 1. The number of nitrogens with zero attached hydrogens (tertiary/aromatic N) is 2. The quantitative estimate of drug-likeness (QED) is 0.571. The van der Waals surface area contributed by atoms with Gasteiger partial charge in [-0.2, -0.15) is 0 Å². The van der Waals surface area contributed by atoms with Gasteiger partial charge in [-0.15, -0.1) is 0 Å². The number of likely N-dealkylation sites (tertiary alicyclic amines) is 1. The Kier molecular flexibility index (Phi) is 6.53. The number of piperidine rings is 1. The van der Waals surface area contributed by atoms with Crippen LogP contribution in [0.2, 0.25) is 0 Å². The third kappa shape index (κ3) is 5.32. The summed E-state index contributed by atoms with van der Waals surface area (Å²) in [6.45, 7) is 1.55. The number of hydrogen-bond donors (Lipinski definition) is 0. The van der Waals surface area contributed by atoms with Gasteiger partial charge in [0.2, 0.25) is 5.91 Å². The molecular weight excluding hydrogens is 375 g/mol. The number of aromatic nitrogens is 1. The lowest BCUT2D eigenvalue weighted by atomic mass is 9.93. The zero-order chi connectivity index (χ0) is 20.8. The van der Waals surface area contributed by atoms with Gasteiger partial charge in [0.25, 0.3) is 0 Å². The van der Waals surface area contributed by atoms with E-state index in [1.165, 1.54) is 11.6 Å². The predicted octanol–water partition coefficient (Wildman–Crippen LogP) is 5.15. The van der Waals surface area contributed by atoms with Crippen molar-refractivity contribution in [3.63, 3.8) is 0 Å². The van der Waals surface area contributed by atoms with Gasteiger partial charge in [-0.3, -0.25) is 9.78 Å². The van der Waals surface area contributed by atoms with Crippen LogP contribution in [-0.2, 0) is 17.6 Å². The lowest BCUT2D eigenvalue weighted by Crippen LogP contribution is -2.39. The second-order valence-corrected chi connectivity index (χ2v) is 8.02. The summed E-state index contributed by atoms with van der Waals surface area (Å²) in [4.78, 5) is 19.6. The number of benzene rings is 2. The zero-order valence-electron chi connectivity index (χ0n) is 17.1. The Morgan fingerprint density at radius 2 is 1.80 bits per heavy atom. The van der Waals surface area contributed by atoms with E-state index in [4.69, 9.17) is 4.98 Å². The lowest BCUT2D eigenvalue weighted by Gasteiger charge is -2.32. The van der Waals surface area contributed by atoms with E-state index in [9.17, 15) is 9.18 Å². The fourth-order valence-corrected chi connectivity index (χ4v) is 4.18. The summed E-state index contributed by atoms with van der Waals surface area (Å²) in [5.41, 5.74) is 4.09. The van der Waals surface area contributed by atoms with Crippen LogP contribution < -0.4 is 0 Å². The molecule has 4 rings (SSSR count). The van der Waals surface area contributed by atoms with E-state index in [1.54, 1.807) is 12.1 Å². The Bertz CT molecular complexity index is 989. The summed E-state index contributed by atoms with van der Waals surface area (Å²) < 4.78 is 13.5. The van der Waals surface area contributed by atoms with Crippen molar-refractivity contribution in [3.8, 4) is 0 Å². The molecule has 1 aliphatic heterocycles. The topological polar surface area (TPSA) is 33.2 Å². The Morgan fingerprint density at radius 3 is 2.63 bits per heavy atom. The van der Waals surface area contributed by atoms with E-state index in [0.717, 1.165) is 49.3 Å². The zero-order valence-corrected chi connectivity index (χ0v) is 17.1. The van der Waals surface area contributed by atoms with Crippen LogP contribution in [0.25, 0.3) is 0 Å². The summed E-state index contributed by atoms with van der Waals surface area (Å²) >= 11 is 0. The fraction of sp³-hybridized carbons (Fsp3) is 0.308. The molecule has 1 aromatic heterocycles. The molecule has 154 valence electrons. The molecule has 3 nitrogen and oxygen atoms in total. The first-order valence-corrected chi connectivity index (χ1v) is 10.7. The standard InChI is InChI=1S/C26H27FN2O/c27-23-11-4-9-21(17-23)18-24-12-5-13-25(28-24)22-10-6-16-29(19-22)26(30)15-14-20-7-2-1-3-8-20/h1-5,7-9,11-13,17,22H,6,10,14-16,18-19H2/t22-/m1/s1. The first kappa shape index (κ1) is 20.3. The number of carbonyl (C=O) groups excluding carboxylic acids is 1. The molecule has 0 N–H and O–H groups in total. The first-order valence-electron chi connectivity index (χ1n) is 10.7. The van der Waals surface area contributed by atoms with Crippen molar-refractivity contribution in [3.05, 3.63) is 101 Å². The lowest BCUT2D eigenvalue weighted by molar-refractivity contribution is -0.132. The van der Waals surface area contributed by atoms with Crippen LogP contribution in [-0.4, -0.2) is 28.9 Å². The second-order valence-electron chi connectivity index (χ2n) is 8.02. The highest BCUT2D eigenvalue weighted by molar-refractivity contribution is 5.76. The minimum atomic E-state index is -0.222. The minimum Gasteiger partial charge on any atom is -0.342 e. The number of pyridine rings is 1. The van der Waals surface area contributed by atoms with Gasteiger partial charge in [0, 0.05) is 43.2 Å². The highest BCUT2D eigenvalue weighted by atomic mass is 19.1. The van der Waals surface area contributed by atoms with Crippen LogP contribution in [0.3, 0.4) is 0 Å². The number of halogens is 1. The van der Waals surface area contributed by atoms with Gasteiger partial charge in [0.1, 0.15) is 5.82 Å². The van der Waals surface area contributed by atoms with E-state index in [-0.39, 0.29) is 17.6 Å². The number of carbonyl (C=O) groups is 1. The van der Waals surface area contributed by atoms with E-state index >= 15 is 0 Å². The Morgan fingerprint density at radius 1 is 1.00 bits per heavy atom. The molecule has 2 aromatic carbocycles. The summed E-state index contributed by atoms with van der Waals surface area (Å²) in [5.74, 6) is 0.256. The molecule has 0 bridgehead atoms. The van der Waals surface area contributed by atoms with Crippen LogP contribution in [0.1, 0.15) is 47.7 Å². The Labute approximate surface area is 177 Å². The second kappa shape index (κ2) is 9.66. The minimum absolute atomic E-state index is 0.222. The molecule has 0 unspecified atom stereocenters. The monoisotopic (exact) mass is 402 g/mol. The maximum absolute atomic E-state index is 13.5. The molecule has 3 aromatic rings. The summed E-state index contributed by atoms with van der Waals surface area (Å²) in [7, 11) is 0. The van der Waals surface area contributed by atoms with Gasteiger partial charge >= 0.3 is 0 Å². The van der Waals surface area contributed by atoms with E-state index in [0.29, 0.717) is 12.8 Å². The van der Waals surface area contributed by atoms with Crippen molar-refractivity contribution in [1.82, 2.24) is 9.88 Å². The smallest absolute Gasteiger partial charge is 0.222 e. The van der Waals surface area contributed by atoms with Gasteiger partial charge in [0.15, 0.2) is 0 Å². The molecule has 1 atom stereocenters. The van der Waals surface area contributed by atoms with Crippen molar-refractivity contribution >= 4 is 5.91 Å². The molecule has 1 fully saturated rings. The van der Waals surface area contributed by atoms with Crippen LogP contribution >= 0.6 is 0 Å². The highest BCUT2D eigenvalue weighted by Gasteiger charge is 2.25. The number of rotatable bonds is 6. The maximum atomic E-state index is 13.5. The van der Waals surface area contributed by atoms with Gasteiger partial charge in [-0.25, -0.2) is 4.39 Å². The molecule has 1 amide bonds. The Hall–Kier alpha value is -3.01. The van der Waals surface area contributed by atoms with Gasteiger partial charge in [0.05, 0.1) is 0 Å².